The summed E-state index contributed by atoms with van der Waals surface area (Å²) in [6.07, 6.45) is 1.77. The second-order valence-corrected chi connectivity index (χ2v) is 6.92. The van der Waals surface area contributed by atoms with Crippen molar-refractivity contribution in [1.82, 2.24) is 0 Å². The Hall–Kier alpha value is -3.40. The van der Waals surface area contributed by atoms with Crippen LogP contribution in [0, 0.1) is 0 Å². The van der Waals surface area contributed by atoms with E-state index in [1.54, 1.807) is 24.3 Å². The maximum Gasteiger partial charge on any atom is 0.247 e. The van der Waals surface area contributed by atoms with E-state index in [1.807, 2.05) is 60.7 Å². The molecule has 0 radical (unpaired) electrons. The third kappa shape index (κ3) is 3.67. The van der Waals surface area contributed by atoms with Gasteiger partial charge >= 0.3 is 0 Å². The highest BCUT2D eigenvalue weighted by molar-refractivity contribution is 6.14. The van der Waals surface area contributed by atoms with E-state index in [-0.39, 0.29) is 17.7 Å². The van der Waals surface area contributed by atoms with Gasteiger partial charge in [-0.05, 0) is 37.1 Å². The monoisotopic (exact) mass is 370 g/mol. The van der Waals surface area contributed by atoms with E-state index in [4.69, 9.17) is 0 Å². The van der Waals surface area contributed by atoms with Crippen molar-refractivity contribution in [2.75, 3.05) is 16.8 Å². The number of hydrogen-bond acceptors (Lipinski definition) is 3. The molecule has 4 rings (SSSR count). The molecule has 1 atom stereocenters. The first kappa shape index (κ1) is 18.0. The lowest BCUT2D eigenvalue weighted by Crippen LogP contribution is -2.39. The van der Waals surface area contributed by atoms with E-state index < -0.39 is 0 Å². The van der Waals surface area contributed by atoms with Crippen LogP contribution in [0.3, 0.4) is 0 Å². The van der Waals surface area contributed by atoms with Gasteiger partial charge in [0.2, 0.25) is 5.91 Å². The van der Waals surface area contributed by atoms with E-state index >= 15 is 0 Å². The fraction of sp³-hybridized carbons (Fsp3) is 0.167. The zero-order valence-corrected chi connectivity index (χ0v) is 15.5. The van der Waals surface area contributed by atoms with Crippen molar-refractivity contribution in [3.05, 3.63) is 96.1 Å². The fourth-order valence-corrected chi connectivity index (χ4v) is 3.72. The molecule has 0 unspecified atom stereocenters. The topological polar surface area (TPSA) is 49.4 Å². The van der Waals surface area contributed by atoms with Crippen molar-refractivity contribution < 1.29 is 9.59 Å². The van der Waals surface area contributed by atoms with Gasteiger partial charge in [0.05, 0.1) is 5.69 Å². The Morgan fingerprint density at radius 1 is 0.821 bits per heavy atom. The lowest BCUT2D eigenvalue weighted by Gasteiger charge is -2.26. The van der Waals surface area contributed by atoms with Crippen molar-refractivity contribution in [1.29, 1.82) is 0 Å². The van der Waals surface area contributed by atoms with Crippen LogP contribution in [0.25, 0.3) is 0 Å². The molecule has 0 saturated carbocycles. The number of amides is 1. The van der Waals surface area contributed by atoms with Gasteiger partial charge in [0.15, 0.2) is 5.78 Å². The molecule has 28 heavy (non-hydrogen) atoms. The minimum atomic E-state index is -0.234. The van der Waals surface area contributed by atoms with E-state index in [0.717, 1.165) is 25.1 Å². The largest absolute Gasteiger partial charge is 0.360 e. The number of rotatable bonds is 5. The van der Waals surface area contributed by atoms with E-state index in [1.165, 1.54) is 0 Å². The highest BCUT2D eigenvalue weighted by Crippen LogP contribution is 2.27. The summed E-state index contributed by atoms with van der Waals surface area (Å²) in [7, 11) is 0. The summed E-state index contributed by atoms with van der Waals surface area (Å²) in [5.41, 5.74) is 2.72. The van der Waals surface area contributed by atoms with E-state index in [9.17, 15) is 9.59 Å². The molecule has 0 bridgehead atoms. The minimum absolute atomic E-state index is 0.0744. The Labute approximate surface area is 164 Å². The minimum Gasteiger partial charge on any atom is -0.360 e. The molecule has 4 heteroatoms. The average Bonchev–Trinajstić information content (AvgIpc) is 3.25. The summed E-state index contributed by atoms with van der Waals surface area (Å²) in [6.45, 7) is 0.854. The quantitative estimate of drug-likeness (QED) is 0.672. The van der Waals surface area contributed by atoms with Gasteiger partial charge in [-0.1, -0.05) is 60.7 Å². The number of nitrogens with zero attached hydrogens (tertiary/aromatic N) is 1. The summed E-state index contributed by atoms with van der Waals surface area (Å²) in [6, 6.07) is 26.1. The molecule has 1 aliphatic rings. The molecule has 3 aromatic carbocycles. The molecule has 1 fully saturated rings. The molecule has 0 aromatic heterocycles. The van der Waals surface area contributed by atoms with Crippen LogP contribution in [0.1, 0.15) is 28.8 Å². The van der Waals surface area contributed by atoms with Crippen LogP contribution < -0.4 is 10.2 Å². The molecule has 0 aliphatic carbocycles. The number of hydrogen-bond donors (Lipinski definition) is 1. The molecule has 1 aliphatic heterocycles. The van der Waals surface area contributed by atoms with Gasteiger partial charge < -0.3 is 10.2 Å². The van der Waals surface area contributed by atoms with Crippen LogP contribution in [0.15, 0.2) is 84.9 Å². The first-order chi connectivity index (χ1) is 13.7. The van der Waals surface area contributed by atoms with Crippen LogP contribution in [-0.2, 0) is 4.79 Å². The third-order valence-electron chi connectivity index (χ3n) is 5.11. The zero-order valence-electron chi connectivity index (χ0n) is 15.5. The SMILES string of the molecule is O=C(c1ccccc1)c1ccccc1NC(=O)[C@@H]1CCCN1c1ccccc1. The predicted octanol–water partition coefficient (Wildman–Crippen LogP) is 4.53. The second kappa shape index (κ2) is 8.09. The van der Waals surface area contributed by atoms with Crippen molar-refractivity contribution in [3.8, 4) is 0 Å². The molecule has 0 spiro atoms. The molecule has 1 N–H and O–H groups in total. The molecular formula is C24H22N2O2. The normalized spacial score (nSPS) is 16.0. The number of carbonyl (C=O) groups is 2. The van der Waals surface area contributed by atoms with Gasteiger partial charge in [0.25, 0.3) is 0 Å². The highest BCUT2D eigenvalue weighted by Gasteiger charge is 2.31. The molecule has 1 amide bonds. The Bertz CT molecular complexity index is 970. The van der Waals surface area contributed by atoms with Crippen molar-refractivity contribution in [2.45, 2.75) is 18.9 Å². The van der Waals surface area contributed by atoms with Crippen LogP contribution in [0.4, 0.5) is 11.4 Å². The third-order valence-corrected chi connectivity index (χ3v) is 5.11. The summed E-state index contributed by atoms with van der Waals surface area (Å²) in [4.78, 5) is 28.1. The zero-order chi connectivity index (χ0) is 19.3. The number of anilines is 2. The number of nitrogens with one attached hydrogen (secondary N) is 1. The summed E-state index contributed by atoms with van der Waals surface area (Å²) >= 11 is 0. The number of ketones is 1. The average molecular weight is 370 g/mol. The van der Waals surface area contributed by atoms with E-state index in [2.05, 4.69) is 10.2 Å². The Morgan fingerprint density at radius 3 is 2.21 bits per heavy atom. The number of carbonyl (C=O) groups excluding carboxylic acids is 2. The Kier molecular flexibility index (Phi) is 5.20. The Balaban J connectivity index is 1.56. The predicted molar refractivity (Wildman–Crippen MR) is 112 cm³/mol. The summed E-state index contributed by atoms with van der Waals surface area (Å²) in [5.74, 6) is -0.169. The smallest absolute Gasteiger partial charge is 0.247 e. The van der Waals surface area contributed by atoms with E-state index in [0.29, 0.717) is 16.8 Å². The molecule has 1 heterocycles. The Morgan fingerprint density at radius 2 is 1.46 bits per heavy atom. The highest BCUT2D eigenvalue weighted by atomic mass is 16.2. The molecular weight excluding hydrogens is 348 g/mol. The van der Waals surface area contributed by atoms with Crippen molar-refractivity contribution in [2.24, 2.45) is 0 Å². The lowest BCUT2D eigenvalue weighted by molar-refractivity contribution is -0.117. The maximum atomic E-state index is 13.0. The van der Waals surface area contributed by atoms with Crippen molar-refractivity contribution >= 4 is 23.1 Å². The molecule has 1 saturated heterocycles. The standard InChI is InChI=1S/C24H22N2O2/c27-23(18-10-3-1-4-11-18)20-14-7-8-15-21(20)25-24(28)22-16-9-17-26(22)19-12-5-2-6-13-19/h1-8,10-15,22H,9,16-17H2,(H,25,28)/t22-/m0/s1. The fourth-order valence-electron chi connectivity index (χ4n) is 3.72. The van der Waals surface area contributed by atoms with Crippen LogP contribution >= 0.6 is 0 Å². The van der Waals surface area contributed by atoms with Gasteiger partial charge in [-0.25, -0.2) is 0 Å². The number of benzene rings is 3. The first-order valence-electron chi connectivity index (χ1n) is 9.55. The van der Waals surface area contributed by atoms with Gasteiger partial charge in [-0.3, -0.25) is 9.59 Å². The van der Waals surface area contributed by atoms with Crippen LogP contribution in [0.5, 0.6) is 0 Å². The van der Waals surface area contributed by atoms with Gasteiger partial charge in [0, 0.05) is 23.4 Å². The molecule has 4 nitrogen and oxygen atoms in total. The van der Waals surface area contributed by atoms with Crippen molar-refractivity contribution in [3.63, 3.8) is 0 Å². The summed E-state index contributed by atoms with van der Waals surface area (Å²) in [5, 5.41) is 3.00. The first-order valence-corrected chi connectivity index (χ1v) is 9.55. The maximum absolute atomic E-state index is 13.0. The lowest BCUT2D eigenvalue weighted by atomic mass is 10.0. The van der Waals surface area contributed by atoms with Gasteiger partial charge in [-0.15, -0.1) is 0 Å². The van der Waals surface area contributed by atoms with Crippen LogP contribution in [0.2, 0.25) is 0 Å². The van der Waals surface area contributed by atoms with Crippen LogP contribution in [-0.4, -0.2) is 24.3 Å². The summed E-state index contributed by atoms with van der Waals surface area (Å²) < 4.78 is 0. The molecule has 3 aromatic rings. The second-order valence-electron chi connectivity index (χ2n) is 6.92. The number of para-hydroxylation sites is 2. The van der Waals surface area contributed by atoms with Gasteiger partial charge in [0.1, 0.15) is 6.04 Å². The van der Waals surface area contributed by atoms with Gasteiger partial charge in [-0.2, -0.15) is 0 Å². The molecule has 140 valence electrons.